The summed E-state index contributed by atoms with van der Waals surface area (Å²) in [6.07, 6.45) is 0. The Kier molecular flexibility index (Phi) is 9.15. The van der Waals surface area contributed by atoms with Crippen molar-refractivity contribution in [2.45, 2.75) is 6.92 Å². The molecule has 0 aliphatic rings. The third-order valence-corrected chi connectivity index (χ3v) is 5.06. The minimum absolute atomic E-state index is 0.0190. The highest BCUT2D eigenvalue weighted by Gasteiger charge is 2.11. The van der Waals surface area contributed by atoms with Crippen molar-refractivity contribution in [2.75, 3.05) is 56.2 Å². The van der Waals surface area contributed by atoms with Gasteiger partial charge in [-0.3, -0.25) is 14.5 Å². The van der Waals surface area contributed by atoms with Crippen molar-refractivity contribution >= 4 is 53.4 Å². The predicted octanol–water partition coefficient (Wildman–Crippen LogP) is 2.76. The van der Waals surface area contributed by atoms with Crippen LogP contribution >= 0.6 is 25.3 Å². The van der Waals surface area contributed by atoms with Crippen molar-refractivity contribution in [3.05, 3.63) is 42.0 Å². The van der Waals surface area contributed by atoms with Crippen molar-refractivity contribution in [3.8, 4) is 0 Å². The first-order valence-corrected chi connectivity index (χ1v) is 10.7. The van der Waals surface area contributed by atoms with Crippen LogP contribution in [-0.4, -0.2) is 67.9 Å². The van der Waals surface area contributed by atoms with Crippen LogP contribution in [0.3, 0.4) is 0 Å². The molecule has 0 fully saturated rings. The van der Waals surface area contributed by atoms with Crippen LogP contribution in [0.2, 0.25) is 0 Å². The molecular weight excluding hydrogens is 390 g/mol. The van der Waals surface area contributed by atoms with Gasteiger partial charge in [0.05, 0.1) is 6.54 Å². The topological polar surface area (TPSA) is 52.7 Å². The van der Waals surface area contributed by atoms with Gasteiger partial charge in [-0.15, -0.1) is 0 Å². The Balaban J connectivity index is 1.99. The molecule has 0 aromatic heterocycles. The van der Waals surface area contributed by atoms with E-state index in [1.807, 2.05) is 31.3 Å². The molecule has 1 amide bonds. The summed E-state index contributed by atoms with van der Waals surface area (Å²) in [6, 6.07) is 12.0. The van der Waals surface area contributed by atoms with E-state index < -0.39 is 0 Å². The van der Waals surface area contributed by atoms with Gasteiger partial charge in [0.15, 0.2) is 5.78 Å². The summed E-state index contributed by atoms with van der Waals surface area (Å²) >= 11 is 8.42. The second-order valence-corrected chi connectivity index (χ2v) is 7.69. The zero-order valence-electron chi connectivity index (χ0n) is 16.5. The highest BCUT2D eigenvalue weighted by molar-refractivity contribution is 7.80. The Labute approximate surface area is 178 Å². The van der Waals surface area contributed by atoms with Crippen LogP contribution in [0.5, 0.6) is 0 Å². The summed E-state index contributed by atoms with van der Waals surface area (Å²) in [5.41, 5.74) is 1.83. The number of likely N-dealkylation sites (N-methyl/N-ethyl adjacent to an activating group) is 1. The van der Waals surface area contributed by atoms with E-state index in [1.165, 1.54) is 0 Å². The number of benzene rings is 2. The van der Waals surface area contributed by atoms with Gasteiger partial charge in [-0.2, -0.15) is 25.3 Å². The van der Waals surface area contributed by atoms with Gasteiger partial charge in [-0.1, -0.05) is 18.2 Å². The summed E-state index contributed by atoms with van der Waals surface area (Å²) in [4.78, 5) is 27.8. The van der Waals surface area contributed by atoms with Gasteiger partial charge in [-0.05, 0) is 35.9 Å². The standard InChI is InChI=1S/C21H29N3O2S2/c1-16(25)17-3-4-19-14-20(6-5-18(19)13-17)23(2)8-9-24(10-12-28)15-21(26)22-7-11-27/h3-6,13-14,27-28H,7-12,15H2,1-2H3,(H,22,26). The van der Waals surface area contributed by atoms with Gasteiger partial charge in [0.25, 0.3) is 0 Å². The molecule has 2 aromatic rings. The summed E-state index contributed by atoms with van der Waals surface area (Å²) < 4.78 is 0. The molecule has 0 radical (unpaired) electrons. The monoisotopic (exact) mass is 419 g/mol. The average Bonchev–Trinajstić information content (AvgIpc) is 2.69. The van der Waals surface area contributed by atoms with Crippen LogP contribution in [0.1, 0.15) is 17.3 Å². The molecule has 5 nitrogen and oxygen atoms in total. The largest absolute Gasteiger partial charge is 0.373 e. The van der Waals surface area contributed by atoms with E-state index in [4.69, 9.17) is 0 Å². The Bertz CT molecular complexity index is 813. The number of nitrogens with one attached hydrogen (secondary N) is 1. The first-order valence-electron chi connectivity index (χ1n) is 9.41. The van der Waals surface area contributed by atoms with Crippen molar-refractivity contribution < 1.29 is 9.59 Å². The zero-order valence-corrected chi connectivity index (χ0v) is 18.3. The second kappa shape index (κ2) is 11.3. The highest BCUT2D eigenvalue weighted by Crippen LogP contribution is 2.23. The Morgan fingerprint density at radius 2 is 1.68 bits per heavy atom. The molecule has 0 unspecified atom stereocenters. The molecule has 0 spiro atoms. The molecule has 0 saturated heterocycles. The molecule has 0 aliphatic carbocycles. The van der Waals surface area contributed by atoms with E-state index in [9.17, 15) is 9.59 Å². The fourth-order valence-electron chi connectivity index (χ4n) is 2.98. The lowest BCUT2D eigenvalue weighted by atomic mass is 10.0. The number of thiol groups is 2. The van der Waals surface area contributed by atoms with Crippen LogP contribution in [-0.2, 0) is 4.79 Å². The fourth-order valence-corrected chi connectivity index (χ4v) is 3.37. The van der Waals surface area contributed by atoms with Gasteiger partial charge >= 0.3 is 0 Å². The van der Waals surface area contributed by atoms with Gasteiger partial charge in [0, 0.05) is 56.0 Å². The minimum Gasteiger partial charge on any atom is -0.373 e. The summed E-state index contributed by atoms with van der Waals surface area (Å²) in [5.74, 6) is 1.44. The van der Waals surface area contributed by atoms with E-state index in [1.54, 1.807) is 6.92 Å². The smallest absolute Gasteiger partial charge is 0.234 e. The number of amides is 1. The van der Waals surface area contributed by atoms with Crippen LogP contribution in [0.15, 0.2) is 36.4 Å². The van der Waals surface area contributed by atoms with E-state index in [2.05, 4.69) is 52.5 Å². The number of hydrogen-bond acceptors (Lipinski definition) is 6. The van der Waals surface area contributed by atoms with Crippen LogP contribution in [0.4, 0.5) is 5.69 Å². The number of rotatable bonds is 11. The molecular formula is C21H29N3O2S2. The molecule has 152 valence electrons. The number of hydrogen-bond donors (Lipinski definition) is 3. The Morgan fingerprint density at radius 3 is 2.36 bits per heavy atom. The Morgan fingerprint density at radius 1 is 0.964 bits per heavy atom. The Hall–Kier alpha value is -1.70. The third kappa shape index (κ3) is 6.72. The van der Waals surface area contributed by atoms with E-state index in [-0.39, 0.29) is 11.7 Å². The normalized spacial score (nSPS) is 11.0. The van der Waals surface area contributed by atoms with E-state index >= 15 is 0 Å². The molecule has 1 N–H and O–H groups in total. The van der Waals surface area contributed by atoms with E-state index in [0.29, 0.717) is 24.6 Å². The fraction of sp³-hybridized carbons (Fsp3) is 0.429. The number of carbonyl (C=O) groups excluding carboxylic acids is 2. The number of anilines is 1. The van der Waals surface area contributed by atoms with Crippen LogP contribution in [0.25, 0.3) is 10.8 Å². The van der Waals surface area contributed by atoms with Gasteiger partial charge in [0.1, 0.15) is 0 Å². The molecule has 0 bridgehead atoms. The minimum atomic E-state index is 0.0190. The van der Waals surface area contributed by atoms with Crippen LogP contribution < -0.4 is 10.2 Å². The van der Waals surface area contributed by atoms with Crippen molar-refractivity contribution in [3.63, 3.8) is 0 Å². The maximum atomic E-state index is 12.0. The lowest BCUT2D eigenvalue weighted by Gasteiger charge is -2.26. The maximum Gasteiger partial charge on any atom is 0.234 e. The maximum absolute atomic E-state index is 12.0. The summed E-state index contributed by atoms with van der Waals surface area (Å²) in [6.45, 7) is 4.86. The average molecular weight is 420 g/mol. The number of nitrogens with zero attached hydrogens (tertiary/aromatic N) is 2. The first kappa shape index (κ1) is 22.6. The number of carbonyl (C=O) groups is 2. The first-order chi connectivity index (χ1) is 13.4. The molecule has 0 atom stereocenters. The molecule has 0 heterocycles. The summed E-state index contributed by atoms with van der Waals surface area (Å²) in [7, 11) is 2.05. The molecule has 28 heavy (non-hydrogen) atoms. The second-order valence-electron chi connectivity index (χ2n) is 6.80. The summed E-state index contributed by atoms with van der Waals surface area (Å²) in [5, 5.41) is 5.02. The van der Waals surface area contributed by atoms with E-state index in [0.717, 1.165) is 41.7 Å². The molecule has 2 rings (SSSR count). The van der Waals surface area contributed by atoms with Gasteiger partial charge < -0.3 is 10.2 Å². The number of ketones is 1. The third-order valence-electron chi connectivity index (χ3n) is 4.64. The van der Waals surface area contributed by atoms with Crippen molar-refractivity contribution in [1.29, 1.82) is 0 Å². The SMILES string of the molecule is CC(=O)c1ccc2cc(N(C)CCN(CCS)CC(=O)NCCS)ccc2c1. The number of Topliss-reactive ketones (excluding diaryl/α,β-unsaturated/α-hetero) is 1. The lowest BCUT2D eigenvalue weighted by Crippen LogP contribution is -2.42. The van der Waals surface area contributed by atoms with Crippen molar-refractivity contribution in [1.82, 2.24) is 10.2 Å². The molecule has 2 aromatic carbocycles. The van der Waals surface area contributed by atoms with Gasteiger partial charge in [-0.25, -0.2) is 0 Å². The zero-order chi connectivity index (χ0) is 20.5. The van der Waals surface area contributed by atoms with Crippen LogP contribution in [0, 0.1) is 0 Å². The van der Waals surface area contributed by atoms with Gasteiger partial charge in [0.2, 0.25) is 5.91 Å². The van der Waals surface area contributed by atoms with Crippen molar-refractivity contribution in [2.24, 2.45) is 0 Å². The highest BCUT2D eigenvalue weighted by atomic mass is 32.1. The lowest BCUT2D eigenvalue weighted by molar-refractivity contribution is -0.122. The predicted molar refractivity (Wildman–Crippen MR) is 124 cm³/mol. The molecule has 0 saturated carbocycles. The molecule has 7 heteroatoms. The number of fused-ring (bicyclic) bond motifs is 1. The molecule has 0 aliphatic heterocycles. The quantitative estimate of drug-likeness (QED) is 0.387.